The molecule has 1 aromatic rings. The predicted octanol–water partition coefficient (Wildman–Crippen LogP) is 1.47. The third-order valence-corrected chi connectivity index (χ3v) is 2.67. The summed E-state index contributed by atoms with van der Waals surface area (Å²) in [6, 6.07) is 6.54. The fourth-order valence-corrected chi connectivity index (χ4v) is 1.71. The van der Waals surface area contributed by atoms with Crippen molar-refractivity contribution in [2.45, 2.75) is 25.8 Å². The summed E-state index contributed by atoms with van der Waals surface area (Å²) in [6.45, 7) is 2.36. The molecule has 0 aliphatic carbocycles. The van der Waals surface area contributed by atoms with Gasteiger partial charge < -0.3 is 15.2 Å². The van der Waals surface area contributed by atoms with Crippen molar-refractivity contribution >= 4 is 11.9 Å². The van der Waals surface area contributed by atoms with E-state index in [1.165, 1.54) is 0 Å². The molecule has 0 saturated carbocycles. The van der Waals surface area contributed by atoms with E-state index in [2.05, 4.69) is 5.32 Å². The zero-order valence-electron chi connectivity index (χ0n) is 11.2. The molecule has 0 aromatic heterocycles. The van der Waals surface area contributed by atoms with Gasteiger partial charge in [0, 0.05) is 19.6 Å². The molecule has 1 aromatic carbocycles. The number of methoxy groups -OCH3 is 1. The lowest BCUT2D eigenvalue weighted by atomic mass is 10.1. The highest BCUT2D eigenvalue weighted by atomic mass is 16.5. The van der Waals surface area contributed by atoms with Crippen LogP contribution in [0.1, 0.15) is 29.3 Å². The van der Waals surface area contributed by atoms with Gasteiger partial charge in [0.05, 0.1) is 12.2 Å². The quantitative estimate of drug-likeness (QED) is 0.782. The number of aromatic carboxylic acids is 1. The lowest BCUT2D eigenvalue weighted by Crippen LogP contribution is -2.35. The second kappa shape index (κ2) is 7.53. The second-order valence-electron chi connectivity index (χ2n) is 4.43. The number of hydrogen-bond donors (Lipinski definition) is 2. The number of rotatable bonds is 7. The van der Waals surface area contributed by atoms with Crippen LogP contribution in [0.15, 0.2) is 24.3 Å². The zero-order chi connectivity index (χ0) is 14.3. The van der Waals surface area contributed by atoms with Crippen LogP contribution >= 0.6 is 0 Å². The lowest BCUT2D eigenvalue weighted by molar-refractivity contribution is -0.122. The number of carbonyl (C=O) groups excluding carboxylic acids is 1. The summed E-state index contributed by atoms with van der Waals surface area (Å²) in [7, 11) is 1.59. The van der Waals surface area contributed by atoms with E-state index in [0.717, 1.165) is 5.56 Å². The Morgan fingerprint density at radius 1 is 1.32 bits per heavy atom. The molecule has 0 unspecified atom stereocenters. The number of benzene rings is 1. The number of nitrogens with one attached hydrogen (secondary N) is 1. The minimum absolute atomic E-state index is 0.00751. The Morgan fingerprint density at radius 2 is 1.95 bits per heavy atom. The van der Waals surface area contributed by atoms with Crippen molar-refractivity contribution in [3.05, 3.63) is 35.4 Å². The first-order valence-electron chi connectivity index (χ1n) is 6.13. The van der Waals surface area contributed by atoms with Crippen LogP contribution in [0.25, 0.3) is 0 Å². The molecule has 0 aliphatic heterocycles. The molecule has 2 N–H and O–H groups in total. The minimum atomic E-state index is -0.947. The molecule has 0 fully saturated rings. The van der Waals surface area contributed by atoms with Gasteiger partial charge in [0.2, 0.25) is 5.91 Å². The van der Waals surface area contributed by atoms with E-state index < -0.39 is 5.97 Å². The summed E-state index contributed by atoms with van der Waals surface area (Å²) in [5, 5.41) is 11.6. The lowest BCUT2D eigenvalue weighted by Gasteiger charge is -2.12. The van der Waals surface area contributed by atoms with Crippen molar-refractivity contribution < 1.29 is 19.4 Å². The van der Waals surface area contributed by atoms with E-state index in [1.807, 2.05) is 6.92 Å². The number of hydrogen-bond acceptors (Lipinski definition) is 3. The van der Waals surface area contributed by atoms with Crippen LogP contribution in [0, 0.1) is 0 Å². The van der Waals surface area contributed by atoms with E-state index in [-0.39, 0.29) is 17.5 Å². The second-order valence-corrected chi connectivity index (χ2v) is 4.43. The summed E-state index contributed by atoms with van der Waals surface area (Å²) in [4.78, 5) is 22.3. The van der Waals surface area contributed by atoms with E-state index in [9.17, 15) is 9.59 Å². The van der Waals surface area contributed by atoms with Crippen LogP contribution in [-0.2, 0) is 16.0 Å². The summed E-state index contributed by atoms with van der Waals surface area (Å²) in [6.07, 6.45) is 0.964. The average Bonchev–Trinajstić information content (AvgIpc) is 2.37. The molecule has 0 radical (unpaired) electrons. The van der Waals surface area contributed by atoms with Crippen molar-refractivity contribution in [3.63, 3.8) is 0 Å². The third-order valence-electron chi connectivity index (χ3n) is 2.67. The highest BCUT2D eigenvalue weighted by molar-refractivity contribution is 5.87. The topological polar surface area (TPSA) is 75.6 Å². The number of carboxylic acid groups (broad SMARTS) is 1. The van der Waals surface area contributed by atoms with Gasteiger partial charge in [0.1, 0.15) is 0 Å². The van der Waals surface area contributed by atoms with Gasteiger partial charge in [-0.25, -0.2) is 4.79 Å². The molecule has 0 aliphatic rings. The molecule has 19 heavy (non-hydrogen) atoms. The molecule has 104 valence electrons. The van der Waals surface area contributed by atoms with Crippen LogP contribution in [0.2, 0.25) is 0 Å². The first kappa shape index (κ1) is 15.2. The van der Waals surface area contributed by atoms with Gasteiger partial charge >= 0.3 is 5.97 Å². The standard InChI is InChI=1S/C14H19NO4/c1-10(9-19-2)15-13(16)8-5-11-3-6-12(7-4-11)14(17)18/h3-4,6-7,10H,5,8-9H2,1-2H3,(H,15,16)(H,17,18)/t10-/m1/s1. The van der Waals surface area contributed by atoms with Crippen LogP contribution in [0.4, 0.5) is 0 Å². The largest absolute Gasteiger partial charge is 0.478 e. The molecular formula is C14H19NO4. The van der Waals surface area contributed by atoms with Crippen molar-refractivity contribution in [2.75, 3.05) is 13.7 Å². The first-order valence-corrected chi connectivity index (χ1v) is 6.13. The van der Waals surface area contributed by atoms with E-state index in [0.29, 0.717) is 19.4 Å². The molecule has 0 spiro atoms. The molecule has 0 bridgehead atoms. The summed E-state index contributed by atoms with van der Waals surface area (Å²) < 4.78 is 4.93. The van der Waals surface area contributed by atoms with Gasteiger partial charge in [0.15, 0.2) is 0 Å². The van der Waals surface area contributed by atoms with Gasteiger partial charge in [-0.05, 0) is 31.0 Å². The van der Waals surface area contributed by atoms with Crippen LogP contribution in [0.3, 0.4) is 0 Å². The minimum Gasteiger partial charge on any atom is -0.478 e. The van der Waals surface area contributed by atoms with Crippen molar-refractivity contribution in [1.29, 1.82) is 0 Å². The predicted molar refractivity (Wildman–Crippen MR) is 71.2 cm³/mol. The van der Waals surface area contributed by atoms with Crippen LogP contribution in [-0.4, -0.2) is 36.7 Å². The van der Waals surface area contributed by atoms with Crippen molar-refractivity contribution in [1.82, 2.24) is 5.32 Å². The molecule has 5 heteroatoms. The van der Waals surface area contributed by atoms with E-state index in [1.54, 1.807) is 31.4 Å². The number of amides is 1. The Hall–Kier alpha value is -1.88. The molecule has 1 rings (SSSR count). The Balaban J connectivity index is 2.39. The molecule has 1 atom stereocenters. The maximum Gasteiger partial charge on any atom is 0.335 e. The summed E-state index contributed by atoms with van der Waals surface area (Å²) in [5.41, 5.74) is 1.20. The summed E-state index contributed by atoms with van der Waals surface area (Å²) in [5.74, 6) is -0.982. The third kappa shape index (κ3) is 5.52. The fraction of sp³-hybridized carbons (Fsp3) is 0.429. The maximum atomic E-state index is 11.6. The normalized spacial score (nSPS) is 11.9. The van der Waals surface area contributed by atoms with Gasteiger partial charge in [0.25, 0.3) is 0 Å². The molecule has 0 saturated heterocycles. The zero-order valence-corrected chi connectivity index (χ0v) is 11.2. The maximum absolute atomic E-state index is 11.6. The molecule has 1 amide bonds. The number of carboxylic acids is 1. The molecule has 0 heterocycles. The number of carbonyl (C=O) groups is 2. The monoisotopic (exact) mass is 265 g/mol. The SMILES string of the molecule is COC[C@@H](C)NC(=O)CCc1ccc(C(=O)O)cc1. The van der Waals surface area contributed by atoms with Crippen LogP contribution in [0.5, 0.6) is 0 Å². The summed E-state index contributed by atoms with van der Waals surface area (Å²) >= 11 is 0. The highest BCUT2D eigenvalue weighted by Gasteiger charge is 2.07. The highest BCUT2D eigenvalue weighted by Crippen LogP contribution is 2.07. The van der Waals surface area contributed by atoms with Gasteiger partial charge in [-0.2, -0.15) is 0 Å². The average molecular weight is 265 g/mol. The van der Waals surface area contributed by atoms with Gasteiger partial charge in [-0.3, -0.25) is 4.79 Å². The van der Waals surface area contributed by atoms with Crippen LogP contribution < -0.4 is 5.32 Å². The Kier molecular flexibility index (Phi) is 6.02. The number of ether oxygens (including phenoxy) is 1. The van der Waals surface area contributed by atoms with E-state index >= 15 is 0 Å². The van der Waals surface area contributed by atoms with Gasteiger partial charge in [-0.15, -0.1) is 0 Å². The van der Waals surface area contributed by atoms with Crippen molar-refractivity contribution in [3.8, 4) is 0 Å². The first-order chi connectivity index (χ1) is 9.02. The van der Waals surface area contributed by atoms with Crippen molar-refractivity contribution in [2.24, 2.45) is 0 Å². The molecular weight excluding hydrogens is 246 g/mol. The fourth-order valence-electron chi connectivity index (χ4n) is 1.71. The Morgan fingerprint density at radius 3 is 2.47 bits per heavy atom. The Labute approximate surface area is 112 Å². The molecule has 5 nitrogen and oxygen atoms in total. The number of aryl methyl sites for hydroxylation is 1. The smallest absolute Gasteiger partial charge is 0.335 e. The van der Waals surface area contributed by atoms with E-state index in [4.69, 9.17) is 9.84 Å². The van der Waals surface area contributed by atoms with Gasteiger partial charge in [-0.1, -0.05) is 12.1 Å². The Bertz CT molecular complexity index is 428.